The number of nitrogens with zero attached hydrogens (tertiary/aromatic N) is 2. The van der Waals surface area contributed by atoms with E-state index in [-0.39, 0.29) is 36.4 Å². The molecule has 1 aliphatic heterocycles. The summed E-state index contributed by atoms with van der Waals surface area (Å²) in [7, 11) is 5.15. The van der Waals surface area contributed by atoms with Gasteiger partial charge in [-0.3, -0.25) is 4.79 Å². The number of carbonyl (C=O) groups is 1. The van der Waals surface area contributed by atoms with E-state index < -0.39 is 0 Å². The lowest BCUT2D eigenvalue weighted by Crippen LogP contribution is -2.40. The number of guanidine groups is 1. The van der Waals surface area contributed by atoms with Gasteiger partial charge in [0.15, 0.2) is 5.96 Å². The summed E-state index contributed by atoms with van der Waals surface area (Å²) in [5.74, 6) is 1.52. The first-order valence-electron chi connectivity index (χ1n) is 10.6. The highest BCUT2D eigenvalue weighted by molar-refractivity contribution is 14.0. The highest BCUT2D eigenvalue weighted by Gasteiger charge is 2.13. The highest BCUT2D eigenvalue weighted by atomic mass is 127. The maximum atomic E-state index is 11.9. The molecule has 1 fully saturated rings. The SMILES string of the molecule is COc1ccc(CCNC(=NCC(=O)N(C)C)NCCCC2CCCCO2)cc1.I. The molecule has 7 nitrogen and oxygen atoms in total. The van der Waals surface area contributed by atoms with Gasteiger partial charge in [-0.2, -0.15) is 0 Å². The summed E-state index contributed by atoms with van der Waals surface area (Å²) in [5.41, 5.74) is 1.22. The fraction of sp³-hybridized carbons (Fsp3) is 0.636. The Kier molecular flexibility index (Phi) is 13.5. The van der Waals surface area contributed by atoms with Gasteiger partial charge < -0.3 is 25.0 Å². The van der Waals surface area contributed by atoms with E-state index in [1.165, 1.54) is 24.8 Å². The molecule has 1 atom stereocenters. The average Bonchev–Trinajstić information content (AvgIpc) is 2.75. The zero-order valence-corrected chi connectivity index (χ0v) is 20.8. The molecular weight excluding hydrogens is 495 g/mol. The first-order chi connectivity index (χ1) is 14.1. The number of ether oxygens (including phenoxy) is 2. The number of benzene rings is 1. The molecule has 8 heteroatoms. The lowest BCUT2D eigenvalue weighted by molar-refractivity contribution is -0.127. The number of methoxy groups -OCH3 is 1. The van der Waals surface area contributed by atoms with Gasteiger partial charge in [0.2, 0.25) is 5.91 Å². The van der Waals surface area contributed by atoms with Gasteiger partial charge in [-0.15, -0.1) is 24.0 Å². The minimum absolute atomic E-state index is 0. The molecule has 1 aliphatic rings. The van der Waals surface area contributed by atoms with Crippen LogP contribution in [0.4, 0.5) is 0 Å². The molecule has 1 unspecified atom stereocenters. The van der Waals surface area contributed by atoms with E-state index >= 15 is 0 Å². The Bertz CT molecular complexity index is 632. The zero-order valence-electron chi connectivity index (χ0n) is 18.5. The summed E-state index contributed by atoms with van der Waals surface area (Å²) < 4.78 is 11.0. The van der Waals surface area contributed by atoms with Crippen molar-refractivity contribution < 1.29 is 14.3 Å². The standard InChI is InChI=1S/C22H36N4O3.HI/c1-26(2)21(27)17-25-22(23-14-6-8-20-7-4-5-16-29-20)24-15-13-18-9-11-19(28-3)12-10-18;/h9-12,20H,4-8,13-17H2,1-3H3,(H2,23,24,25);1H. The first kappa shape index (κ1) is 26.5. The average molecular weight is 532 g/mol. The number of amides is 1. The third kappa shape index (κ3) is 10.5. The summed E-state index contributed by atoms with van der Waals surface area (Å²) >= 11 is 0. The van der Waals surface area contributed by atoms with Crippen molar-refractivity contribution in [3.8, 4) is 5.75 Å². The molecule has 1 aromatic carbocycles. The fourth-order valence-electron chi connectivity index (χ4n) is 3.15. The molecule has 1 amide bonds. The molecule has 1 aromatic rings. The van der Waals surface area contributed by atoms with Crippen LogP contribution in [0.15, 0.2) is 29.3 Å². The van der Waals surface area contributed by atoms with Gasteiger partial charge in [0.05, 0.1) is 13.2 Å². The van der Waals surface area contributed by atoms with Crippen molar-refractivity contribution >= 4 is 35.8 Å². The van der Waals surface area contributed by atoms with Crippen LogP contribution in [0.5, 0.6) is 5.75 Å². The Morgan fingerprint density at radius 1 is 1.20 bits per heavy atom. The van der Waals surface area contributed by atoms with E-state index in [4.69, 9.17) is 9.47 Å². The molecule has 1 saturated heterocycles. The fourth-order valence-corrected chi connectivity index (χ4v) is 3.15. The van der Waals surface area contributed by atoms with Crippen LogP contribution in [0.25, 0.3) is 0 Å². The van der Waals surface area contributed by atoms with Crippen molar-refractivity contribution in [2.24, 2.45) is 4.99 Å². The normalized spacial score (nSPS) is 16.4. The lowest BCUT2D eigenvalue weighted by atomic mass is 10.0. The van der Waals surface area contributed by atoms with Crippen LogP contribution >= 0.6 is 24.0 Å². The number of likely N-dealkylation sites (N-methyl/N-ethyl adjacent to an activating group) is 1. The van der Waals surface area contributed by atoms with Crippen LogP contribution in [-0.4, -0.2) is 70.3 Å². The second-order valence-electron chi connectivity index (χ2n) is 7.54. The van der Waals surface area contributed by atoms with Crippen molar-refractivity contribution in [2.45, 2.75) is 44.6 Å². The zero-order chi connectivity index (χ0) is 20.9. The Balaban J connectivity index is 0.00000450. The molecule has 0 saturated carbocycles. The van der Waals surface area contributed by atoms with Crippen LogP contribution < -0.4 is 15.4 Å². The van der Waals surface area contributed by atoms with Gasteiger partial charge >= 0.3 is 0 Å². The number of hydrogen-bond acceptors (Lipinski definition) is 4. The van der Waals surface area contributed by atoms with Crippen molar-refractivity contribution in [1.82, 2.24) is 15.5 Å². The molecule has 2 N–H and O–H groups in total. The third-order valence-corrected chi connectivity index (χ3v) is 5.01. The number of carbonyl (C=O) groups excluding carboxylic acids is 1. The van der Waals surface area contributed by atoms with E-state index in [1.807, 2.05) is 12.1 Å². The van der Waals surface area contributed by atoms with E-state index in [2.05, 4.69) is 27.8 Å². The predicted molar refractivity (Wildman–Crippen MR) is 132 cm³/mol. The second-order valence-corrected chi connectivity index (χ2v) is 7.54. The maximum absolute atomic E-state index is 11.9. The predicted octanol–water partition coefficient (Wildman–Crippen LogP) is 2.83. The van der Waals surface area contributed by atoms with Crippen LogP contribution in [0, 0.1) is 0 Å². The molecule has 2 rings (SSSR count). The number of hydrogen-bond donors (Lipinski definition) is 2. The summed E-state index contributed by atoms with van der Waals surface area (Å²) in [6.07, 6.45) is 6.95. The molecular formula is C22H37IN4O3. The van der Waals surface area contributed by atoms with Gasteiger partial charge in [-0.05, 0) is 56.2 Å². The van der Waals surface area contributed by atoms with Crippen LogP contribution in [0.3, 0.4) is 0 Å². The number of rotatable bonds is 10. The molecule has 30 heavy (non-hydrogen) atoms. The number of halogens is 1. The van der Waals surface area contributed by atoms with Gasteiger partial charge in [0, 0.05) is 33.8 Å². The minimum Gasteiger partial charge on any atom is -0.497 e. The quantitative estimate of drug-likeness (QED) is 0.210. The van der Waals surface area contributed by atoms with Crippen molar-refractivity contribution in [2.75, 3.05) is 47.4 Å². The van der Waals surface area contributed by atoms with Crippen LogP contribution in [0.2, 0.25) is 0 Å². The monoisotopic (exact) mass is 532 g/mol. The Morgan fingerprint density at radius 2 is 1.93 bits per heavy atom. The molecule has 1 heterocycles. The summed E-state index contributed by atoms with van der Waals surface area (Å²) in [6.45, 7) is 2.57. The van der Waals surface area contributed by atoms with Gasteiger partial charge in [0.1, 0.15) is 12.3 Å². The van der Waals surface area contributed by atoms with Crippen LogP contribution in [-0.2, 0) is 16.0 Å². The molecule has 0 aromatic heterocycles. The van der Waals surface area contributed by atoms with E-state index in [0.717, 1.165) is 44.7 Å². The third-order valence-electron chi connectivity index (χ3n) is 5.01. The van der Waals surface area contributed by atoms with Crippen molar-refractivity contribution in [3.63, 3.8) is 0 Å². The minimum atomic E-state index is -0.0168. The largest absolute Gasteiger partial charge is 0.497 e. The van der Waals surface area contributed by atoms with E-state index in [0.29, 0.717) is 12.1 Å². The molecule has 170 valence electrons. The maximum Gasteiger partial charge on any atom is 0.243 e. The van der Waals surface area contributed by atoms with Crippen LogP contribution in [0.1, 0.15) is 37.7 Å². The van der Waals surface area contributed by atoms with E-state index in [9.17, 15) is 4.79 Å². The summed E-state index contributed by atoms with van der Waals surface area (Å²) in [5, 5.41) is 6.69. The lowest BCUT2D eigenvalue weighted by Gasteiger charge is -2.22. The first-order valence-corrected chi connectivity index (χ1v) is 10.6. The van der Waals surface area contributed by atoms with E-state index in [1.54, 1.807) is 26.1 Å². The van der Waals surface area contributed by atoms with Crippen molar-refractivity contribution in [3.05, 3.63) is 29.8 Å². The van der Waals surface area contributed by atoms with Gasteiger partial charge in [0.25, 0.3) is 0 Å². The summed E-state index contributed by atoms with van der Waals surface area (Å²) in [6, 6.07) is 8.05. The Hall–Kier alpha value is -1.55. The van der Waals surface area contributed by atoms with Gasteiger partial charge in [-0.1, -0.05) is 12.1 Å². The second kappa shape index (κ2) is 15.3. The number of aliphatic imine (C=N–C) groups is 1. The Labute approximate surface area is 198 Å². The molecule has 0 spiro atoms. The Morgan fingerprint density at radius 3 is 2.57 bits per heavy atom. The highest BCUT2D eigenvalue weighted by Crippen LogP contribution is 2.16. The number of nitrogens with one attached hydrogen (secondary N) is 2. The molecule has 0 aliphatic carbocycles. The molecule has 0 bridgehead atoms. The topological polar surface area (TPSA) is 75.2 Å². The summed E-state index contributed by atoms with van der Waals surface area (Å²) in [4.78, 5) is 17.9. The van der Waals surface area contributed by atoms with Crippen molar-refractivity contribution in [1.29, 1.82) is 0 Å². The molecule has 0 radical (unpaired) electrons. The smallest absolute Gasteiger partial charge is 0.243 e. The van der Waals surface area contributed by atoms with Gasteiger partial charge in [-0.25, -0.2) is 4.99 Å².